The summed E-state index contributed by atoms with van der Waals surface area (Å²) < 4.78 is 10.7. The second-order valence-electron chi connectivity index (χ2n) is 2.84. The summed E-state index contributed by atoms with van der Waals surface area (Å²) in [5.74, 6) is 0. The highest BCUT2D eigenvalue weighted by atomic mass is 35.5. The molecular weight excluding hydrogens is 206 g/mol. The van der Waals surface area contributed by atoms with Crippen LogP contribution < -0.4 is 4.73 Å². The molecule has 1 rings (SSSR count). The number of nitrogens with zero attached hydrogens (tertiary/aromatic N) is 1. The summed E-state index contributed by atoms with van der Waals surface area (Å²) in [5, 5.41) is 11.7. The van der Waals surface area contributed by atoms with Crippen LogP contribution in [-0.2, 0) is 9.47 Å². The summed E-state index contributed by atoms with van der Waals surface area (Å²) in [7, 11) is 2.99. The maximum atomic E-state index is 11.3. The topological polar surface area (TPSA) is 45.4 Å². The number of ether oxygens (including phenoxy) is 2. The number of hydrogen-bond acceptors (Lipinski definition) is 3. The second-order valence-corrected chi connectivity index (χ2v) is 3.24. The molecule has 4 nitrogen and oxygen atoms in total. The first-order chi connectivity index (χ1) is 6.60. The number of rotatable bonds is 3. The van der Waals surface area contributed by atoms with Crippen LogP contribution in [0.25, 0.3) is 0 Å². The zero-order valence-corrected chi connectivity index (χ0v) is 9.04. The van der Waals surface area contributed by atoms with Gasteiger partial charge in [-0.2, -0.15) is 4.73 Å². The van der Waals surface area contributed by atoms with Crippen LogP contribution in [0, 0.1) is 12.1 Å². The average Bonchev–Trinajstić information content (AvgIpc) is 2.16. The Morgan fingerprint density at radius 1 is 1.43 bits per heavy atom. The molecule has 0 radical (unpaired) electrons. The molecule has 14 heavy (non-hydrogen) atoms. The second kappa shape index (κ2) is 4.59. The lowest BCUT2D eigenvalue weighted by atomic mass is 10.2. The molecule has 0 amide bonds. The smallest absolute Gasteiger partial charge is 0.208 e. The molecule has 0 unspecified atom stereocenters. The zero-order valence-electron chi connectivity index (χ0n) is 8.28. The summed E-state index contributed by atoms with van der Waals surface area (Å²) in [6, 6.07) is 1.66. The van der Waals surface area contributed by atoms with Gasteiger partial charge in [-0.3, -0.25) is 0 Å². The van der Waals surface area contributed by atoms with Gasteiger partial charge in [0.15, 0.2) is 12.5 Å². The molecule has 0 aliphatic rings. The van der Waals surface area contributed by atoms with Crippen molar-refractivity contribution in [2.24, 2.45) is 0 Å². The standard InChI is InChI=1S/C9H12ClNO3/c1-6-8(10)4-7(5-11(6)12)9(13-2)14-3/h4-5,9H,1-3H3. The van der Waals surface area contributed by atoms with Crippen LogP contribution >= 0.6 is 11.6 Å². The molecule has 5 heteroatoms. The van der Waals surface area contributed by atoms with Crippen molar-refractivity contribution in [1.29, 1.82) is 0 Å². The largest absolute Gasteiger partial charge is 0.618 e. The monoisotopic (exact) mass is 217 g/mol. The fourth-order valence-electron chi connectivity index (χ4n) is 1.12. The van der Waals surface area contributed by atoms with Crippen LogP contribution in [0.3, 0.4) is 0 Å². The first kappa shape index (κ1) is 11.2. The maximum absolute atomic E-state index is 11.3. The number of aromatic nitrogens is 1. The van der Waals surface area contributed by atoms with Crippen LogP contribution in [0.5, 0.6) is 0 Å². The van der Waals surface area contributed by atoms with Crippen LogP contribution in [0.4, 0.5) is 0 Å². The Bertz CT molecular complexity index is 303. The van der Waals surface area contributed by atoms with Crippen molar-refractivity contribution in [1.82, 2.24) is 0 Å². The van der Waals surface area contributed by atoms with E-state index in [0.29, 0.717) is 21.0 Å². The van der Waals surface area contributed by atoms with Gasteiger partial charge in [-0.15, -0.1) is 0 Å². The molecule has 0 spiro atoms. The van der Waals surface area contributed by atoms with Gasteiger partial charge >= 0.3 is 0 Å². The number of pyridine rings is 1. The predicted molar refractivity (Wildman–Crippen MR) is 51.9 cm³/mol. The van der Waals surface area contributed by atoms with Gasteiger partial charge in [0.2, 0.25) is 5.69 Å². The van der Waals surface area contributed by atoms with Gasteiger partial charge < -0.3 is 14.7 Å². The third-order valence-corrected chi connectivity index (χ3v) is 2.32. The fourth-order valence-corrected chi connectivity index (χ4v) is 1.33. The molecule has 0 bridgehead atoms. The van der Waals surface area contributed by atoms with E-state index in [1.807, 2.05) is 0 Å². The molecule has 1 heterocycles. The molecule has 78 valence electrons. The van der Waals surface area contributed by atoms with Crippen molar-refractivity contribution in [3.8, 4) is 0 Å². The van der Waals surface area contributed by atoms with Crippen LogP contribution in [0.1, 0.15) is 17.5 Å². The Balaban J connectivity index is 3.11. The Morgan fingerprint density at radius 3 is 2.43 bits per heavy atom. The number of halogens is 1. The molecule has 0 aliphatic heterocycles. The normalized spacial score (nSPS) is 10.9. The van der Waals surface area contributed by atoms with Crippen molar-refractivity contribution in [2.75, 3.05) is 14.2 Å². The van der Waals surface area contributed by atoms with Gasteiger partial charge in [-0.05, 0) is 6.07 Å². The van der Waals surface area contributed by atoms with Crippen LogP contribution in [-0.4, -0.2) is 14.2 Å². The lowest BCUT2D eigenvalue weighted by Gasteiger charge is -2.13. The van der Waals surface area contributed by atoms with Crippen molar-refractivity contribution in [3.05, 3.63) is 33.8 Å². The summed E-state index contributed by atoms with van der Waals surface area (Å²) in [5.41, 5.74) is 1.06. The zero-order chi connectivity index (χ0) is 10.7. The molecule has 1 aromatic rings. The third kappa shape index (κ3) is 2.15. The molecule has 0 N–H and O–H groups in total. The SMILES string of the molecule is COC(OC)c1cc(Cl)c(C)[n+]([O-])c1. The van der Waals surface area contributed by atoms with Gasteiger partial charge in [0.05, 0.1) is 5.56 Å². The molecule has 0 fully saturated rings. The fraction of sp³-hybridized carbons (Fsp3) is 0.444. The summed E-state index contributed by atoms with van der Waals surface area (Å²) in [6.07, 6.45) is 0.826. The Labute approximate surface area is 87.6 Å². The summed E-state index contributed by atoms with van der Waals surface area (Å²) in [4.78, 5) is 0. The van der Waals surface area contributed by atoms with E-state index < -0.39 is 6.29 Å². The van der Waals surface area contributed by atoms with Crippen LogP contribution in [0.2, 0.25) is 5.02 Å². The molecule has 0 saturated heterocycles. The molecular formula is C9H12ClNO3. The minimum absolute atomic E-state index is 0.400. The van der Waals surface area contributed by atoms with Gasteiger partial charge in [0.1, 0.15) is 5.02 Å². The summed E-state index contributed by atoms with van der Waals surface area (Å²) >= 11 is 5.85. The van der Waals surface area contributed by atoms with Crippen molar-refractivity contribution in [2.45, 2.75) is 13.2 Å². The molecule has 0 saturated carbocycles. The maximum Gasteiger partial charge on any atom is 0.208 e. The van der Waals surface area contributed by atoms with Gasteiger partial charge in [-0.1, -0.05) is 11.6 Å². The number of methoxy groups -OCH3 is 2. The first-order valence-electron chi connectivity index (χ1n) is 4.05. The highest BCUT2D eigenvalue weighted by Gasteiger charge is 2.16. The van der Waals surface area contributed by atoms with E-state index in [1.165, 1.54) is 20.4 Å². The van der Waals surface area contributed by atoms with E-state index in [1.54, 1.807) is 13.0 Å². The predicted octanol–water partition coefficient (Wildman–Crippen LogP) is 1.57. The lowest BCUT2D eigenvalue weighted by Crippen LogP contribution is -2.31. The van der Waals surface area contributed by atoms with E-state index in [2.05, 4.69) is 0 Å². The molecule has 1 aromatic heterocycles. The van der Waals surface area contributed by atoms with Crippen LogP contribution in [0.15, 0.2) is 12.3 Å². The van der Waals surface area contributed by atoms with Crippen molar-refractivity contribution in [3.63, 3.8) is 0 Å². The highest BCUT2D eigenvalue weighted by molar-refractivity contribution is 6.31. The lowest BCUT2D eigenvalue weighted by molar-refractivity contribution is -0.613. The third-order valence-electron chi connectivity index (χ3n) is 1.94. The molecule has 0 atom stereocenters. The van der Waals surface area contributed by atoms with E-state index in [9.17, 15) is 5.21 Å². The van der Waals surface area contributed by atoms with Gasteiger partial charge in [0.25, 0.3) is 0 Å². The first-order valence-corrected chi connectivity index (χ1v) is 4.42. The minimum Gasteiger partial charge on any atom is -0.618 e. The van der Waals surface area contributed by atoms with E-state index in [0.717, 1.165) is 0 Å². The van der Waals surface area contributed by atoms with Crippen molar-refractivity contribution >= 4 is 11.6 Å². The van der Waals surface area contributed by atoms with E-state index in [-0.39, 0.29) is 0 Å². The highest BCUT2D eigenvalue weighted by Crippen LogP contribution is 2.20. The quantitative estimate of drug-likeness (QED) is 0.439. The minimum atomic E-state index is -0.562. The Morgan fingerprint density at radius 2 is 2.00 bits per heavy atom. The van der Waals surface area contributed by atoms with Gasteiger partial charge in [0, 0.05) is 21.1 Å². The number of hydrogen-bond donors (Lipinski definition) is 0. The molecule has 0 aromatic carbocycles. The van der Waals surface area contributed by atoms with Gasteiger partial charge in [-0.25, -0.2) is 0 Å². The Hall–Kier alpha value is -0.840. The molecule has 0 aliphatic carbocycles. The van der Waals surface area contributed by atoms with E-state index in [4.69, 9.17) is 21.1 Å². The van der Waals surface area contributed by atoms with E-state index >= 15 is 0 Å². The Kier molecular flexibility index (Phi) is 3.69. The average molecular weight is 218 g/mol. The van der Waals surface area contributed by atoms with Crippen molar-refractivity contribution < 1.29 is 14.2 Å². The summed E-state index contributed by atoms with van der Waals surface area (Å²) in [6.45, 7) is 1.65.